The summed E-state index contributed by atoms with van der Waals surface area (Å²) in [5.74, 6) is 0.658. The maximum Gasteiger partial charge on any atom is 0.160 e. The molecule has 0 aliphatic carbocycles. The Morgan fingerprint density at radius 1 is 0.286 bits per heavy atom. The molecule has 0 unspecified atom stereocenters. The number of pyridine rings is 1. The van der Waals surface area contributed by atoms with Crippen molar-refractivity contribution < 1.29 is 0 Å². The minimum absolute atomic E-state index is 0.658. The van der Waals surface area contributed by atoms with E-state index in [1.807, 2.05) is 79.7 Å². The first kappa shape index (κ1) is 34.4. The van der Waals surface area contributed by atoms with Crippen LogP contribution in [-0.4, -0.2) is 24.9 Å². The molecule has 6 aromatic carbocycles. The zero-order valence-electron chi connectivity index (χ0n) is 31.1. The Morgan fingerprint density at radius 3 is 1.16 bits per heavy atom. The van der Waals surface area contributed by atoms with Crippen molar-refractivity contribution in [3.8, 4) is 90.1 Å². The summed E-state index contributed by atoms with van der Waals surface area (Å²) in [5, 5.41) is 0. The Balaban J connectivity index is 1.22. The van der Waals surface area contributed by atoms with Crippen LogP contribution in [0.15, 0.2) is 188 Å². The zero-order chi connectivity index (χ0) is 37.8. The van der Waals surface area contributed by atoms with Crippen LogP contribution in [0.1, 0.15) is 11.4 Å². The number of hydrogen-bond donors (Lipinski definition) is 0. The van der Waals surface area contributed by atoms with E-state index in [-0.39, 0.29) is 0 Å². The molecule has 0 N–H and O–H groups in total. The van der Waals surface area contributed by atoms with Gasteiger partial charge in [0, 0.05) is 55.9 Å². The van der Waals surface area contributed by atoms with Crippen molar-refractivity contribution in [3.63, 3.8) is 0 Å². The molecule has 56 heavy (non-hydrogen) atoms. The third-order valence-electron chi connectivity index (χ3n) is 9.92. The Labute approximate surface area is 327 Å². The molecular formula is C51H37N5. The highest BCUT2D eigenvalue weighted by Gasteiger charge is 2.20. The van der Waals surface area contributed by atoms with Gasteiger partial charge in [-0.3, -0.25) is 4.98 Å². The van der Waals surface area contributed by atoms with E-state index in [9.17, 15) is 0 Å². The molecule has 9 rings (SSSR count). The first-order chi connectivity index (χ1) is 27.6. The Bertz CT molecular complexity index is 2800. The van der Waals surface area contributed by atoms with E-state index < -0.39 is 0 Å². The molecule has 0 amide bonds. The molecule has 5 nitrogen and oxygen atoms in total. The number of nitrogens with zero attached hydrogens (tertiary/aromatic N) is 5. The van der Waals surface area contributed by atoms with Crippen LogP contribution in [-0.2, 0) is 0 Å². The maximum atomic E-state index is 5.48. The smallest absolute Gasteiger partial charge is 0.160 e. The summed E-state index contributed by atoms with van der Waals surface area (Å²) >= 11 is 0. The average molecular weight is 720 g/mol. The van der Waals surface area contributed by atoms with Crippen LogP contribution in [0.3, 0.4) is 0 Å². The highest BCUT2D eigenvalue weighted by molar-refractivity contribution is 5.87. The van der Waals surface area contributed by atoms with Crippen LogP contribution in [0, 0.1) is 13.8 Å². The van der Waals surface area contributed by atoms with E-state index in [1.165, 1.54) is 0 Å². The van der Waals surface area contributed by atoms with Crippen LogP contribution in [0.4, 0.5) is 0 Å². The van der Waals surface area contributed by atoms with E-state index in [0.29, 0.717) is 5.82 Å². The standard InChI is InChI=1S/C51H37N5/c1-34-29-30-44(35(2)52-34)40-25-15-26-41(31-40)45-33-46(54-51(53-45)39-23-13-6-14-24-39)42-27-16-28-43(32-42)50-49(38-21-11-5-12-22-38)55-47(36-17-7-3-8-18-36)48(56-50)37-19-9-4-10-20-37/h3-33H,1-2H3. The summed E-state index contributed by atoms with van der Waals surface area (Å²) in [6, 6.07) is 64.3. The average Bonchev–Trinajstić information content (AvgIpc) is 3.27. The number of benzene rings is 6. The van der Waals surface area contributed by atoms with Crippen molar-refractivity contribution in [2.24, 2.45) is 0 Å². The van der Waals surface area contributed by atoms with Crippen molar-refractivity contribution in [2.75, 3.05) is 0 Å². The molecule has 0 aliphatic rings. The summed E-state index contributed by atoms with van der Waals surface area (Å²) in [4.78, 5) is 26.0. The Hall–Kier alpha value is -7.37. The first-order valence-electron chi connectivity index (χ1n) is 18.8. The summed E-state index contributed by atoms with van der Waals surface area (Å²) in [6.45, 7) is 4.08. The first-order valence-corrected chi connectivity index (χ1v) is 18.8. The van der Waals surface area contributed by atoms with Gasteiger partial charge in [-0.2, -0.15) is 0 Å². The molecule has 0 bridgehead atoms. The minimum Gasteiger partial charge on any atom is -0.258 e. The molecule has 3 heterocycles. The van der Waals surface area contributed by atoms with Crippen LogP contribution < -0.4 is 0 Å². The van der Waals surface area contributed by atoms with Gasteiger partial charge in [0.2, 0.25) is 0 Å². The topological polar surface area (TPSA) is 64.5 Å². The molecule has 5 heteroatoms. The second kappa shape index (κ2) is 15.2. The second-order valence-corrected chi connectivity index (χ2v) is 13.8. The predicted octanol–water partition coefficient (Wildman–Crippen LogP) is 12.6. The molecule has 3 aromatic heterocycles. The largest absolute Gasteiger partial charge is 0.258 e. The lowest BCUT2D eigenvalue weighted by Crippen LogP contribution is -2.01. The molecule has 0 saturated carbocycles. The predicted molar refractivity (Wildman–Crippen MR) is 228 cm³/mol. The van der Waals surface area contributed by atoms with Crippen LogP contribution in [0.5, 0.6) is 0 Å². The van der Waals surface area contributed by atoms with E-state index in [1.54, 1.807) is 0 Å². The molecule has 0 atom stereocenters. The minimum atomic E-state index is 0.658. The molecule has 0 saturated heterocycles. The Kier molecular flexibility index (Phi) is 9.32. The van der Waals surface area contributed by atoms with Crippen molar-refractivity contribution >= 4 is 0 Å². The number of hydrogen-bond acceptors (Lipinski definition) is 5. The van der Waals surface area contributed by atoms with Gasteiger partial charge in [0.05, 0.1) is 34.2 Å². The molecule has 9 aromatic rings. The second-order valence-electron chi connectivity index (χ2n) is 13.8. The molecule has 0 spiro atoms. The fourth-order valence-electron chi connectivity index (χ4n) is 7.15. The summed E-state index contributed by atoms with van der Waals surface area (Å²) < 4.78 is 0. The summed E-state index contributed by atoms with van der Waals surface area (Å²) in [7, 11) is 0. The highest BCUT2D eigenvalue weighted by Crippen LogP contribution is 2.39. The molecule has 0 radical (unpaired) electrons. The third kappa shape index (κ3) is 7.02. The van der Waals surface area contributed by atoms with E-state index in [4.69, 9.17) is 24.9 Å². The van der Waals surface area contributed by atoms with Gasteiger partial charge < -0.3 is 0 Å². The fourth-order valence-corrected chi connectivity index (χ4v) is 7.15. The summed E-state index contributed by atoms with van der Waals surface area (Å²) in [5.41, 5.74) is 16.0. The quantitative estimate of drug-likeness (QED) is 0.156. The van der Waals surface area contributed by atoms with Crippen LogP contribution in [0.2, 0.25) is 0 Å². The maximum absolute atomic E-state index is 5.48. The number of aromatic nitrogens is 5. The van der Waals surface area contributed by atoms with Gasteiger partial charge >= 0.3 is 0 Å². The van der Waals surface area contributed by atoms with Gasteiger partial charge in [-0.25, -0.2) is 19.9 Å². The van der Waals surface area contributed by atoms with E-state index >= 15 is 0 Å². The zero-order valence-corrected chi connectivity index (χ0v) is 31.1. The molecular weight excluding hydrogens is 683 g/mol. The van der Waals surface area contributed by atoms with Crippen LogP contribution in [0.25, 0.3) is 90.1 Å². The lowest BCUT2D eigenvalue weighted by Gasteiger charge is -2.16. The van der Waals surface area contributed by atoms with Gasteiger partial charge in [0.15, 0.2) is 5.82 Å². The van der Waals surface area contributed by atoms with Gasteiger partial charge in [0.1, 0.15) is 0 Å². The van der Waals surface area contributed by atoms with Crippen molar-refractivity contribution in [2.45, 2.75) is 13.8 Å². The number of rotatable bonds is 8. The summed E-state index contributed by atoms with van der Waals surface area (Å²) in [6.07, 6.45) is 0. The lowest BCUT2D eigenvalue weighted by atomic mass is 9.97. The van der Waals surface area contributed by atoms with Crippen molar-refractivity contribution in [1.82, 2.24) is 24.9 Å². The molecule has 0 fully saturated rings. The third-order valence-corrected chi connectivity index (χ3v) is 9.92. The normalized spacial score (nSPS) is 11.0. The van der Waals surface area contributed by atoms with Crippen molar-refractivity contribution in [1.29, 1.82) is 0 Å². The fraction of sp³-hybridized carbons (Fsp3) is 0.0392. The van der Waals surface area contributed by atoms with Crippen LogP contribution >= 0.6 is 0 Å². The van der Waals surface area contributed by atoms with Gasteiger partial charge in [-0.15, -0.1) is 0 Å². The van der Waals surface area contributed by atoms with Gasteiger partial charge in [-0.1, -0.05) is 164 Å². The highest BCUT2D eigenvalue weighted by atomic mass is 14.9. The Morgan fingerprint density at radius 2 is 0.679 bits per heavy atom. The van der Waals surface area contributed by atoms with E-state index in [0.717, 1.165) is 95.6 Å². The SMILES string of the molecule is Cc1ccc(-c2cccc(-c3cc(-c4cccc(-c5nc(-c6ccccc6)c(-c6ccccc6)nc5-c5ccccc5)c4)nc(-c4ccccc4)n3)c2)c(C)n1. The van der Waals surface area contributed by atoms with Gasteiger partial charge in [0.25, 0.3) is 0 Å². The monoisotopic (exact) mass is 719 g/mol. The number of aryl methyl sites for hydroxylation is 2. The van der Waals surface area contributed by atoms with Gasteiger partial charge in [-0.05, 0) is 43.7 Å². The lowest BCUT2D eigenvalue weighted by molar-refractivity contribution is 1.13. The van der Waals surface area contributed by atoms with Crippen molar-refractivity contribution in [3.05, 3.63) is 199 Å². The van der Waals surface area contributed by atoms with E-state index in [2.05, 4.69) is 122 Å². The molecule has 0 aliphatic heterocycles. The molecule has 266 valence electrons.